The molecule has 0 amide bonds. The van der Waals surface area contributed by atoms with Gasteiger partial charge >= 0.3 is 5.97 Å². The molecule has 1 aliphatic rings. The van der Waals surface area contributed by atoms with Gasteiger partial charge in [-0.3, -0.25) is 0 Å². The highest BCUT2D eigenvalue weighted by molar-refractivity contribution is 7.80. The van der Waals surface area contributed by atoms with E-state index in [0.717, 1.165) is 5.56 Å². The Balaban J connectivity index is 1.95. The van der Waals surface area contributed by atoms with E-state index in [1.54, 1.807) is 24.3 Å². The first-order valence-electron chi connectivity index (χ1n) is 6.32. The van der Waals surface area contributed by atoms with Gasteiger partial charge in [0.2, 0.25) is 0 Å². The summed E-state index contributed by atoms with van der Waals surface area (Å²) < 4.78 is 18.2. The molecule has 1 aromatic rings. The smallest absolute Gasteiger partial charge is 0.338 e. The van der Waals surface area contributed by atoms with Gasteiger partial charge in [-0.05, 0) is 47.6 Å². The Morgan fingerprint density at radius 1 is 1.62 bits per heavy atom. The minimum Gasteiger partial charge on any atom is -0.458 e. The molecule has 0 bridgehead atoms. The standard InChI is InChI=1S/C14H15FN2O2S2/c1-9-12(11(7-15)17-14(20)16-9)13(18)19-5-2-3-10-4-6-21-8-10/h2-4,6,8,11H,5,7H2,1H3,(H2,16,17,20). The summed E-state index contributed by atoms with van der Waals surface area (Å²) in [4.78, 5) is 12.0. The topological polar surface area (TPSA) is 50.4 Å². The third-order valence-corrected chi connectivity index (χ3v) is 3.82. The SMILES string of the molecule is CC1=C(C(=O)OCC=Cc2ccsc2)C(CF)NC(=S)N1. The Labute approximate surface area is 131 Å². The monoisotopic (exact) mass is 326 g/mol. The fourth-order valence-corrected chi connectivity index (χ4v) is 2.86. The van der Waals surface area contributed by atoms with Crippen LogP contribution in [0, 0.1) is 0 Å². The summed E-state index contributed by atoms with van der Waals surface area (Å²) in [6.07, 6.45) is 3.61. The Kier molecular flexibility index (Phi) is 5.46. The Bertz CT molecular complexity index is 582. The number of halogens is 1. The van der Waals surface area contributed by atoms with E-state index >= 15 is 0 Å². The average molecular weight is 326 g/mol. The van der Waals surface area contributed by atoms with Crippen molar-refractivity contribution in [2.24, 2.45) is 0 Å². The minimum absolute atomic E-state index is 0.134. The predicted octanol–water partition coefficient (Wildman–Crippen LogP) is 2.39. The molecule has 0 radical (unpaired) electrons. The molecule has 0 fully saturated rings. The van der Waals surface area contributed by atoms with Crippen LogP contribution in [0.2, 0.25) is 0 Å². The quantitative estimate of drug-likeness (QED) is 0.643. The van der Waals surface area contributed by atoms with Gasteiger partial charge in [0.25, 0.3) is 0 Å². The maximum Gasteiger partial charge on any atom is 0.338 e. The summed E-state index contributed by atoms with van der Waals surface area (Å²) in [5.74, 6) is -0.549. The van der Waals surface area contributed by atoms with E-state index in [9.17, 15) is 9.18 Å². The summed E-state index contributed by atoms with van der Waals surface area (Å²) in [5, 5.41) is 9.78. The van der Waals surface area contributed by atoms with E-state index < -0.39 is 18.7 Å². The van der Waals surface area contributed by atoms with Crippen molar-refractivity contribution in [1.29, 1.82) is 0 Å². The zero-order valence-corrected chi connectivity index (χ0v) is 13.0. The van der Waals surface area contributed by atoms with Crippen LogP contribution in [-0.2, 0) is 9.53 Å². The summed E-state index contributed by atoms with van der Waals surface area (Å²) >= 11 is 6.53. The normalized spacial score (nSPS) is 18.6. The van der Waals surface area contributed by atoms with Gasteiger partial charge < -0.3 is 15.4 Å². The molecular formula is C14H15FN2O2S2. The molecule has 1 atom stereocenters. The number of thiocarbonyl (C=S) groups is 1. The van der Waals surface area contributed by atoms with Crippen LogP contribution in [-0.4, -0.2) is 30.4 Å². The largest absolute Gasteiger partial charge is 0.458 e. The second-order valence-electron chi connectivity index (χ2n) is 4.40. The summed E-state index contributed by atoms with van der Waals surface area (Å²) in [6.45, 7) is 1.08. The van der Waals surface area contributed by atoms with E-state index in [1.165, 1.54) is 0 Å². The molecule has 1 unspecified atom stereocenters. The van der Waals surface area contributed by atoms with Gasteiger partial charge in [0.15, 0.2) is 5.11 Å². The first kappa shape index (κ1) is 15.7. The van der Waals surface area contributed by atoms with E-state index in [4.69, 9.17) is 17.0 Å². The molecule has 0 saturated heterocycles. The van der Waals surface area contributed by atoms with Crippen molar-refractivity contribution in [1.82, 2.24) is 10.6 Å². The molecule has 4 nitrogen and oxygen atoms in total. The summed E-state index contributed by atoms with van der Waals surface area (Å²) in [5.41, 5.74) is 1.82. The highest BCUT2D eigenvalue weighted by Gasteiger charge is 2.29. The number of carbonyl (C=O) groups excluding carboxylic acids is 1. The number of thiophene rings is 1. The second kappa shape index (κ2) is 7.33. The molecule has 0 spiro atoms. The van der Waals surface area contributed by atoms with Crippen molar-refractivity contribution >= 4 is 40.7 Å². The minimum atomic E-state index is -0.757. The molecule has 0 saturated carbocycles. The van der Waals surface area contributed by atoms with Crippen molar-refractivity contribution in [3.05, 3.63) is 39.7 Å². The fourth-order valence-electron chi connectivity index (χ4n) is 1.93. The van der Waals surface area contributed by atoms with Crippen LogP contribution >= 0.6 is 23.6 Å². The molecule has 21 heavy (non-hydrogen) atoms. The van der Waals surface area contributed by atoms with Crippen LogP contribution in [0.4, 0.5) is 4.39 Å². The third kappa shape index (κ3) is 4.12. The molecule has 112 valence electrons. The number of carbonyl (C=O) groups is 1. The van der Waals surface area contributed by atoms with Gasteiger partial charge in [-0.25, -0.2) is 9.18 Å². The lowest BCUT2D eigenvalue weighted by atomic mass is 10.0. The van der Waals surface area contributed by atoms with Crippen LogP contribution < -0.4 is 10.6 Å². The van der Waals surface area contributed by atoms with Crippen LogP contribution in [0.5, 0.6) is 0 Å². The fraction of sp³-hybridized carbons (Fsp3) is 0.286. The van der Waals surface area contributed by atoms with Crippen molar-refractivity contribution in [2.75, 3.05) is 13.3 Å². The van der Waals surface area contributed by atoms with Crippen molar-refractivity contribution < 1.29 is 13.9 Å². The third-order valence-electron chi connectivity index (χ3n) is 2.90. The first-order valence-corrected chi connectivity index (χ1v) is 7.67. The molecule has 7 heteroatoms. The molecule has 1 aliphatic heterocycles. The number of alkyl halides is 1. The van der Waals surface area contributed by atoms with Crippen molar-refractivity contribution in [2.45, 2.75) is 13.0 Å². The molecular weight excluding hydrogens is 311 g/mol. The van der Waals surface area contributed by atoms with Gasteiger partial charge in [-0.1, -0.05) is 6.08 Å². The van der Waals surface area contributed by atoms with E-state index in [0.29, 0.717) is 10.8 Å². The maximum absolute atomic E-state index is 13.0. The van der Waals surface area contributed by atoms with E-state index in [-0.39, 0.29) is 12.2 Å². The van der Waals surface area contributed by atoms with E-state index in [1.807, 2.05) is 22.9 Å². The lowest BCUT2D eigenvalue weighted by Gasteiger charge is -2.27. The number of esters is 1. The number of ether oxygens (including phenoxy) is 1. The first-order chi connectivity index (χ1) is 10.1. The number of hydrogen-bond donors (Lipinski definition) is 2. The lowest BCUT2D eigenvalue weighted by molar-refractivity contribution is -0.138. The number of hydrogen-bond acceptors (Lipinski definition) is 4. The van der Waals surface area contributed by atoms with Crippen LogP contribution in [0.3, 0.4) is 0 Å². The van der Waals surface area contributed by atoms with Crippen LogP contribution in [0.1, 0.15) is 12.5 Å². The molecule has 0 aliphatic carbocycles. The summed E-state index contributed by atoms with van der Waals surface area (Å²) in [7, 11) is 0. The molecule has 2 heterocycles. The van der Waals surface area contributed by atoms with Gasteiger partial charge in [-0.15, -0.1) is 0 Å². The number of nitrogens with one attached hydrogen (secondary N) is 2. The average Bonchev–Trinajstić information content (AvgIpc) is 2.95. The highest BCUT2D eigenvalue weighted by atomic mass is 32.1. The zero-order valence-electron chi connectivity index (χ0n) is 11.4. The molecule has 0 aromatic carbocycles. The zero-order chi connectivity index (χ0) is 15.2. The number of rotatable bonds is 5. The Hall–Kier alpha value is -1.73. The van der Waals surface area contributed by atoms with Crippen molar-refractivity contribution in [3.63, 3.8) is 0 Å². The second-order valence-corrected chi connectivity index (χ2v) is 5.59. The maximum atomic E-state index is 13.0. The highest BCUT2D eigenvalue weighted by Crippen LogP contribution is 2.15. The lowest BCUT2D eigenvalue weighted by Crippen LogP contribution is -2.50. The number of allylic oxidation sites excluding steroid dienone is 1. The molecule has 2 rings (SSSR count). The Morgan fingerprint density at radius 2 is 2.43 bits per heavy atom. The summed E-state index contributed by atoms with van der Waals surface area (Å²) in [6, 6.07) is 1.21. The predicted molar refractivity (Wildman–Crippen MR) is 85.6 cm³/mol. The van der Waals surface area contributed by atoms with Crippen molar-refractivity contribution in [3.8, 4) is 0 Å². The molecule has 1 aromatic heterocycles. The van der Waals surface area contributed by atoms with E-state index in [2.05, 4.69) is 10.6 Å². The molecule has 2 N–H and O–H groups in total. The van der Waals surface area contributed by atoms with Crippen LogP contribution in [0.25, 0.3) is 6.08 Å². The Morgan fingerprint density at radius 3 is 3.10 bits per heavy atom. The van der Waals surface area contributed by atoms with Crippen LogP contribution in [0.15, 0.2) is 34.2 Å². The van der Waals surface area contributed by atoms with Gasteiger partial charge in [0.1, 0.15) is 13.3 Å². The van der Waals surface area contributed by atoms with Gasteiger partial charge in [-0.2, -0.15) is 11.3 Å². The van der Waals surface area contributed by atoms with Gasteiger partial charge in [0.05, 0.1) is 11.6 Å². The van der Waals surface area contributed by atoms with Gasteiger partial charge in [0, 0.05) is 5.70 Å².